The van der Waals surface area contributed by atoms with Crippen LogP contribution in [-0.4, -0.2) is 91.2 Å². The van der Waals surface area contributed by atoms with E-state index in [-0.39, 0.29) is 5.91 Å². The molecule has 2 fully saturated rings. The standard InChI is InChI=1S/C17H29N5O4S/c1-27(24,25)21-7-2-14(3-8-21)22(15-4-10-26-11-5-15)9-6-19-17(23)16-12-18-13-20-16/h12-15H,2-11H2,1H3,(H,18,20)(H,19,23). The third-order valence-corrected chi connectivity index (χ3v) is 6.72. The van der Waals surface area contributed by atoms with Crippen LogP contribution in [0.15, 0.2) is 12.5 Å². The normalized spacial score (nSPS) is 20.8. The van der Waals surface area contributed by atoms with E-state index in [2.05, 4.69) is 20.2 Å². The molecular weight excluding hydrogens is 370 g/mol. The van der Waals surface area contributed by atoms with Crippen molar-refractivity contribution in [3.05, 3.63) is 18.2 Å². The third kappa shape index (κ3) is 5.50. The van der Waals surface area contributed by atoms with Crippen LogP contribution in [0, 0.1) is 0 Å². The molecule has 9 nitrogen and oxygen atoms in total. The largest absolute Gasteiger partial charge is 0.381 e. The third-order valence-electron chi connectivity index (χ3n) is 5.42. The van der Waals surface area contributed by atoms with Crippen LogP contribution in [0.25, 0.3) is 0 Å². The van der Waals surface area contributed by atoms with Crippen LogP contribution in [0.5, 0.6) is 0 Å². The highest BCUT2D eigenvalue weighted by Gasteiger charge is 2.32. The second-order valence-corrected chi connectivity index (χ2v) is 9.18. The minimum atomic E-state index is -3.12. The van der Waals surface area contributed by atoms with E-state index in [0.29, 0.717) is 37.4 Å². The molecule has 2 aliphatic rings. The molecule has 1 amide bonds. The topological polar surface area (TPSA) is 108 Å². The second-order valence-electron chi connectivity index (χ2n) is 7.20. The van der Waals surface area contributed by atoms with Crippen molar-refractivity contribution >= 4 is 15.9 Å². The number of piperidine rings is 1. The maximum Gasteiger partial charge on any atom is 0.269 e. The Morgan fingerprint density at radius 2 is 1.96 bits per heavy atom. The number of hydrogen-bond acceptors (Lipinski definition) is 6. The van der Waals surface area contributed by atoms with Gasteiger partial charge in [0.1, 0.15) is 5.69 Å². The van der Waals surface area contributed by atoms with Crippen molar-refractivity contribution in [2.75, 3.05) is 45.6 Å². The molecule has 1 aromatic heterocycles. The summed E-state index contributed by atoms with van der Waals surface area (Å²) in [5, 5.41) is 2.94. The van der Waals surface area contributed by atoms with Gasteiger partial charge in [-0.2, -0.15) is 0 Å². The van der Waals surface area contributed by atoms with Crippen molar-refractivity contribution in [1.82, 2.24) is 24.5 Å². The molecule has 10 heteroatoms. The molecule has 0 aromatic carbocycles. The van der Waals surface area contributed by atoms with Crippen LogP contribution in [0.1, 0.15) is 36.2 Å². The Balaban J connectivity index is 1.57. The van der Waals surface area contributed by atoms with E-state index in [4.69, 9.17) is 4.74 Å². The zero-order valence-electron chi connectivity index (χ0n) is 15.8. The number of H-pyrrole nitrogens is 1. The molecule has 152 valence electrons. The van der Waals surface area contributed by atoms with E-state index in [1.54, 1.807) is 4.31 Å². The van der Waals surface area contributed by atoms with Crippen molar-refractivity contribution < 1.29 is 17.9 Å². The fourth-order valence-electron chi connectivity index (χ4n) is 3.96. The van der Waals surface area contributed by atoms with Crippen molar-refractivity contribution in [2.45, 2.75) is 37.8 Å². The number of carbonyl (C=O) groups is 1. The van der Waals surface area contributed by atoms with Crippen LogP contribution >= 0.6 is 0 Å². The first-order valence-electron chi connectivity index (χ1n) is 9.50. The van der Waals surface area contributed by atoms with E-state index in [9.17, 15) is 13.2 Å². The second kappa shape index (κ2) is 9.13. The van der Waals surface area contributed by atoms with Crippen LogP contribution in [-0.2, 0) is 14.8 Å². The lowest BCUT2D eigenvalue weighted by Gasteiger charge is -2.43. The zero-order valence-corrected chi connectivity index (χ0v) is 16.6. The molecule has 0 aliphatic carbocycles. The Kier molecular flexibility index (Phi) is 6.85. The van der Waals surface area contributed by atoms with Gasteiger partial charge in [-0.1, -0.05) is 0 Å². The summed E-state index contributed by atoms with van der Waals surface area (Å²) < 4.78 is 30.6. The van der Waals surface area contributed by atoms with Crippen LogP contribution in [0.4, 0.5) is 0 Å². The highest BCUT2D eigenvalue weighted by Crippen LogP contribution is 2.24. The summed E-state index contributed by atoms with van der Waals surface area (Å²) in [6.07, 6.45) is 7.85. The van der Waals surface area contributed by atoms with Crippen molar-refractivity contribution in [2.24, 2.45) is 0 Å². The molecule has 0 bridgehead atoms. The summed E-state index contributed by atoms with van der Waals surface area (Å²) in [6, 6.07) is 0.743. The maximum absolute atomic E-state index is 12.1. The van der Waals surface area contributed by atoms with Crippen LogP contribution in [0.3, 0.4) is 0 Å². The molecule has 0 atom stereocenters. The molecule has 27 heavy (non-hydrogen) atoms. The summed E-state index contributed by atoms with van der Waals surface area (Å²) in [4.78, 5) is 21.2. The van der Waals surface area contributed by atoms with Gasteiger partial charge in [0.15, 0.2) is 0 Å². The number of aromatic nitrogens is 2. The van der Waals surface area contributed by atoms with E-state index >= 15 is 0 Å². The fourth-order valence-corrected chi connectivity index (χ4v) is 4.83. The van der Waals surface area contributed by atoms with Gasteiger partial charge in [-0.3, -0.25) is 9.69 Å². The molecule has 0 saturated carbocycles. The van der Waals surface area contributed by atoms with Crippen molar-refractivity contribution in [3.63, 3.8) is 0 Å². The van der Waals surface area contributed by atoms with E-state index in [1.165, 1.54) is 18.8 Å². The van der Waals surface area contributed by atoms with Gasteiger partial charge < -0.3 is 15.0 Å². The number of imidazole rings is 1. The Morgan fingerprint density at radius 3 is 2.56 bits per heavy atom. The Labute approximate surface area is 160 Å². The average molecular weight is 400 g/mol. The lowest BCUT2D eigenvalue weighted by Crippen LogP contribution is -2.53. The molecule has 3 rings (SSSR count). The summed E-state index contributed by atoms with van der Waals surface area (Å²) in [5.41, 5.74) is 0.453. The van der Waals surface area contributed by atoms with Crippen molar-refractivity contribution in [1.29, 1.82) is 0 Å². The number of amides is 1. The summed E-state index contributed by atoms with van der Waals surface area (Å²) in [7, 11) is -3.12. The first-order chi connectivity index (χ1) is 12.9. The zero-order chi connectivity index (χ0) is 19.3. The minimum Gasteiger partial charge on any atom is -0.381 e. The summed E-state index contributed by atoms with van der Waals surface area (Å²) in [6.45, 7) is 3.91. The minimum absolute atomic E-state index is 0.161. The van der Waals surface area contributed by atoms with E-state index in [0.717, 1.165) is 45.4 Å². The quantitative estimate of drug-likeness (QED) is 0.671. The lowest BCUT2D eigenvalue weighted by atomic mass is 9.98. The predicted octanol–water partition coefficient (Wildman–Crippen LogP) is 0.0445. The van der Waals surface area contributed by atoms with Gasteiger partial charge in [0.05, 0.1) is 18.8 Å². The molecule has 1 aromatic rings. The number of nitrogens with zero attached hydrogens (tertiary/aromatic N) is 3. The monoisotopic (exact) mass is 399 g/mol. The molecule has 0 spiro atoms. The van der Waals surface area contributed by atoms with Gasteiger partial charge in [0.2, 0.25) is 10.0 Å². The number of nitrogens with one attached hydrogen (secondary N) is 2. The molecule has 2 saturated heterocycles. The number of rotatable bonds is 7. The van der Waals surface area contributed by atoms with Gasteiger partial charge in [0.25, 0.3) is 5.91 Å². The first-order valence-corrected chi connectivity index (χ1v) is 11.3. The number of carbonyl (C=O) groups excluding carboxylic acids is 1. The van der Waals surface area contributed by atoms with Gasteiger partial charge in [-0.15, -0.1) is 0 Å². The van der Waals surface area contributed by atoms with Crippen LogP contribution in [0.2, 0.25) is 0 Å². The number of sulfonamides is 1. The summed E-state index contributed by atoms with van der Waals surface area (Å²) in [5.74, 6) is -0.161. The first kappa shape index (κ1) is 20.2. The highest BCUT2D eigenvalue weighted by atomic mass is 32.2. The van der Waals surface area contributed by atoms with Crippen LogP contribution < -0.4 is 5.32 Å². The van der Waals surface area contributed by atoms with E-state index < -0.39 is 10.0 Å². The number of aromatic amines is 1. The average Bonchev–Trinajstić information content (AvgIpc) is 3.20. The summed E-state index contributed by atoms with van der Waals surface area (Å²) >= 11 is 0. The van der Waals surface area contributed by atoms with E-state index in [1.807, 2.05) is 0 Å². The molecule has 0 unspecified atom stereocenters. The van der Waals surface area contributed by atoms with Crippen molar-refractivity contribution in [3.8, 4) is 0 Å². The molecule has 2 N–H and O–H groups in total. The lowest BCUT2D eigenvalue weighted by molar-refractivity contribution is 0.00747. The van der Waals surface area contributed by atoms with Gasteiger partial charge in [-0.05, 0) is 25.7 Å². The predicted molar refractivity (Wildman–Crippen MR) is 101 cm³/mol. The number of ether oxygens (including phenoxy) is 1. The SMILES string of the molecule is CS(=O)(=O)N1CCC(N(CCNC(=O)c2cnc[nH]2)C2CCOCC2)CC1. The Hall–Kier alpha value is -1.49. The Morgan fingerprint density at radius 1 is 1.30 bits per heavy atom. The van der Waals surface area contributed by atoms with Gasteiger partial charge in [0, 0.05) is 51.5 Å². The number of hydrogen-bond donors (Lipinski definition) is 2. The molecule has 3 heterocycles. The fraction of sp³-hybridized carbons (Fsp3) is 0.765. The molecular formula is C17H29N5O4S. The Bertz CT molecular complexity index is 695. The van der Waals surface area contributed by atoms with Gasteiger partial charge in [-0.25, -0.2) is 17.7 Å². The highest BCUT2D eigenvalue weighted by molar-refractivity contribution is 7.88. The molecule has 0 radical (unpaired) electrons. The molecule has 2 aliphatic heterocycles. The maximum atomic E-state index is 12.1. The van der Waals surface area contributed by atoms with Gasteiger partial charge >= 0.3 is 0 Å². The smallest absolute Gasteiger partial charge is 0.269 e.